The van der Waals surface area contributed by atoms with Crippen molar-refractivity contribution in [2.75, 3.05) is 4.90 Å². The second-order valence-electron chi connectivity index (χ2n) is 16.6. The molecule has 0 saturated heterocycles. The van der Waals surface area contributed by atoms with Gasteiger partial charge in [0.2, 0.25) is 0 Å². The molecule has 2 heteroatoms. The van der Waals surface area contributed by atoms with Gasteiger partial charge in [-0.2, -0.15) is 0 Å². The Balaban J connectivity index is 1.10. The molecule has 0 aliphatic heterocycles. The average Bonchev–Trinajstić information content (AvgIpc) is 3.72. The van der Waals surface area contributed by atoms with Gasteiger partial charge in [0.1, 0.15) is 0 Å². The number of hydrogen-bond acceptors (Lipinski definition) is 1. The number of hydrogen-bond donors (Lipinski definition) is 0. The molecular weight excluding hydrogens is 653 g/mol. The van der Waals surface area contributed by atoms with E-state index in [2.05, 4.69) is 179 Å². The summed E-state index contributed by atoms with van der Waals surface area (Å²) >= 11 is 0. The standard InChI is InChI=1S/C52H42N2/c1-3-12-36(13-4-1)37-22-24-41(25-23-37)53(42-26-27-49-45(33-42)43-16-8-10-20-48(43)54(49)40-14-5-2-6-15-40)50-21-11-19-47-51(50)44-17-7-9-18-46(44)52(47)38-29-34-28-35(31-38)32-39(52)30-34/h1-27,33-35,38-39H,28-32H2. The number of benzene rings is 7. The molecule has 4 saturated carbocycles. The number of aromatic nitrogens is 1. The zero-order chi connectivity index (χ0) is 35.4. The van der Waals surface area contributed by atoms with Crippen LogP contribution in [0.15, 0.2) is 170 Å². The molecule has 13 rings (SSSR count). The third-order valence-corrected chi connectivity index (χ3v) is 14.0. The lowest BCUT2D eigenvalue weighted by molar-refractivity contribution is -0.0399. The first-order valence-corrected chi connectivity index (χ1v) is 20.0. The largest absolute Gasteiger partial charge is 0.310 e. The van der Waals surface area contributed by atoms with E-state index in [1.165, 1.54) is 98.9 Å². The molecule has 7 aromatic carbocycles. The molecule has 4 bridgehead atoms. The summed E-state index contributed by atoms with van der Waals surface area (Å²) in [4.78, 5) is 2.56. The zero-order valence-corrected chi connectivity index (χ0v) is 30.4. The first-order valence-electron chi connectivity index (χ1n) is 20.0. The minimum Gasteiger partial charge on any atom is -0.310 e. The second kappa shape index (κ2) is 11.6. The highest BCUT2D eigenvalue weighted by atomic mass is 15.1. The van der Waals surface area contributed by atoms with Crippen LogP contribution in [0.1, 0.15) is 43.2 Å². The van der Waals surface area contributed by atoms with Crippen molar-refractivity contribution < 1.29 is 0 Å². The highest BCUT2D eigenvalue weighted by Crippen LogP contribution is 2.70. The number of anilines is 3. The molecule has 4 fully saturated rings. The van der Waals surface area contributed by atoms with E-state index in [-0.39, 0.29) is 5.41 Å². The third kappa shape index (κ3) is 4.23. The van der Waals surface area contributed by atoms with E-state index in [9.17, 15) is 0 Å². The van der Waals surface area contributed by atoms with Crippen molar-refractivity contribution in [1.82, 2.24) is 4.57 Å². The fourth-order valence-electron chi connectivity index (χ4n) is 12.2. The summed E-state index contributed by atoms with van der Waals surface area (Å²) in [6.07, 6.45) is 7.01. The van der Waals surface area contributed by atoms with Crippen molar-refractivity contribution in [3.05, 3.63) is 181 Å². The van der Waals surface area contributed by atoms with E-state index in [1.54, 1.807) is 11.1 Å². The van der Waals surface area contributed by atoms with Gasteiger partial charge in [0, 0.05) is 38.8 Å². The van der Waals surface area contributed by atoms with E-state index in [0.717, 1.165) is 23.7 Å². The van der Waals surface area contributed by atoms with Gasteiger partial charge in [-0.3, -0.25) is 0 Å². The van der Waals surface area contributed by atoms with Crippen LogP contribution in [0.4, 0.5) is 17.1 Å². The lowest BCUT2D eigenvalue weighted by Crippen LogP contribution is -2.55. The van der Waals surface area contributed by atoms with Gasteiger partial charge in [-0.05, 0) is 138 Å². The van der Waals surface area contributed by atoms with E-state index in [0.29, 0.717) is 0 Å². The van der Waals surface area contributed by atoms with Gasteiger partial charge in [0.05, 0.1) is 16.7 Å². The lowest BCUT2D eigenvalue weighted by Gasteiger charge is -2.61. The third-order valence-electron chi connectivity index (χ3n) is 14.0. The van der Waals surface area contributed by atoms with E-state index in [4.69, 9.17) is 0 Å². The summed E-state index contributed by atoms with van der Waals surface area (Å²) in [5.74, 6) is 3.29. The number of nitrogens with zero attached hydrogens (tertiary/aromatic N) is 2. The van der Waals surface area contributed by atoms with Crippen molar-refractivity contribution in [1.29, 1.82) is 0 Å². The SMILES string of the molecule is c1ccc(-c2ccc(N(c3ccc4c(c3)c3ccccc3n4-c3ccccc3)c3cccc4c3-c3ccccc3C43C4CC5CC(C4)CC3C5)cc2)cc1. The predicted octanol–water partition coefficient (Wildman–Crippen LogP) is 13.6. The summed E-state index contributed by atoms with van der Waals surface area (Å²) in [7, 11) is 0. The lowest BCUT2D eigenvalue weighted by atomic mass is 9.43. The molecule has 0 amide bonds. The normalized spacial score (nSPS) is 23.3. The Morgan fingerprint density at radius 3 is 1.85 bits per heavy atom. The van der Waals surface area contributed by atoms with Crippen LogP contribution in [0.25, 0.3) is 49.7 Å². The molecule has 1 spiro atoms. The Bertz CT molecular complexity index is 2690. The first kappa shape index (κ1) is 30.6. The predicted molar refractivity (Wildman–Crippen MR) is 224 cm³/mol. The summed E-state index contributed by atoms with van der Waals surface area (Å²) in [5, 5.41) is 2.54. The molecule has 0 unspecified atom stereocenters. The molecule has 5 aliphatic carbocycles. The van der Waals surface area contributed by atoms with Gasteiger partial charge in [0.25, 0.3) is 0 Å². The number of para-hydroxylation sites is 2. The maximum Gasteiger partial charge on any atom is 0.0543 e. The average molecular weight is 695 g/mol. The Hall–Kier alpha value is -5.86. The van der Waals surface area contributed by atoms with Crippen molar-refractivity contribution in [3.63, 3.8) is 0 Å². The molecule has 260 valence electrons. The van der Waals surface area contributed by atoms with E-state index < -0.39 is 0 Å². The molecule has 0 atom stereocenters. The molecule has 8 aromatic rings. The van der Waals surface area contributed by atoms with Crippen molar-refractivity contribution in [3.8, 4) is 27.9 Å². The van der Waals surface area contributed by atoms with Gasteiger partial charge < -0.3 is 9.47 Å². The summed E-state index contributed by atoms with van der Waals surface area (Å²) in [5.41, 5.74) is 15.9. The monoisotopic (exact) mass is 694 g/mol. The molecule has 1 aromatic heterocycles. The quantitative estimate of drug-likeness (QED) is 0.174. The van der Waals surface area contributed by atoms with Crippen LogP contribution < -0.4 is 4.90 Å². The minimum absolute atomic E-state index is 0.116. The topological polar surface area (TPSA) is 8.17 Å². The summed E-state index contributed by atoms with van der Waals surface area (Å²) in [6.45, 7) is 0. The smallest absolute Gasteiger partial charge is 0.0543 e. The highest BCUT2D eigenvalue weighted by Gasteiger charge is 2.61. The second-order valence-corrected chi connectivity index (χ2v) is 16.6. The van der Waals surface area contributed by atoms with Crippen molar-refractivity contribution >= 4 is 38.9 Å². The molecule has 0 radical (unpaired) electrons. The van der Waals surface area contributed by atoms with Crippen LogP contribution in [0.3, 0.4) is 0 Å². The van der Waals surface area contributed by atoms with Gasteiger partial charge >= 0.3 is 0 Å². The van der Waals surface area contributed by atoms with Crippen LogP contribution in [0.5, 0.6) is 0 Å². The highest BCUT2D eigenvalue weighted by molar-refractivity contribution is 6.11. The van der Waals surface area contributed by atoms with Crippen molar-refractivity contribution in [2.45, 2.75) is 37.5 Å². The van der Waals surface area contributed by atoms with E-state index in [1.807, 2.05) is 0 Å². The molecule has 54 heavy (non-hydrogen) atoms. The summed E-state index contributed by atoms with van der Waals surface area (Å²) < 4.78 is 2.42. The minimum atomic E-state index is 0.116. The summed E-state index contributed by atoms with van der Waals surface area (Å²) in [6, 6.07) is 63.6. The van der Waals surface area contributed by atoms with Gasteiger partial charge in [-0.15, -0.1) is 0 Å². The van der Waals surface area contributed by atoms with Crippen LogP contribution in [0.2, 0.25) is 0 Å². The molecule has 2 nitrogen and oxygen atoms in total. The maximum atomic E-state index is 2.56. The Morgan fingerprint density at radius 2 is 1.07 bits per heavy atom. The zero-order valence-electron chi connectivity index (χ0n) is 30.4. The molecule has 5 aliphatic rings. The fourth-order valence-corrected chi connectivity index (χ4v) is 12.2. The first-order chi connectivity index (χ1) is 26.8. The van der Waals surface area contributed by atoms with Crippen LogP contribution in [-0.2, 0) is 5.41 Å². The van der Waals surface area contributed by atoms with Crippen LogP contribution >= 0.6 is 0 Å². The van der Waals surface area contributed by atoms with Gasteiger partial charge in [-0.25, -0.2) is 0 Å². The molecule has 1 heterocycles. The number of rotatable bonds is 5. The maximum absolute atomic E-state index is 2.56. The number of fused-ring (bicyclic) bond motifs is 6. The Labute approximate surface area is 317 Å². The molecular formula is C52H42N2. The van der Waals surface area contributed by atoms with Crippen LogP contribution in [0, 0.1) is 23.7 Å². The van der Waals surface area contributed by atoms with Crippen LogP contribution in [-0.4, -0.2) is 4.57 Å². The fraction of sp³-hybridized carbons (Fsp3) is 0.192. The Morgan fingerprint density at radius 1 is 0.463 bits per heavy atom. The van der Waals surface area contributed by atoms with Gasteiger partial charge in [-0.1, -0.05) is 115 Å². The molecule has 0 N–H and O–H groups in total. The van der Waals surface area contributed by atoms with E-state index >= 15 is 0 Å². The van der Waals surface area contributed by atoms with Gasteiger partial charge in [0.15, 0.2) is 0 Å². The Kier molecular flexibility index (Phi) is 6.55. The van der Waals surface area contributed by atoms with Crippen molar-refractivity contribution in [2.24, 2.45) is 23.7 Å².